The number of pyridine rings is 1. The third-order valence-corrected chi connectivity index (χ3v) is 5.70. The molecule has 2 heterocycles. The Morgan fingerprint density at radius 1 is 1.06 bits per heavy atom. The van der Waals surface area contributed by atoms with Gasteiger partial charge in [-0.2, -0.15) is 0 Å². The summed E-state index contributed by atoms with van der Waals surface area (Å²) in [7, 11) is 1.62. The monoisotopic (exact) mass is 443 g/mol. The third kappa shape index (κ3) is 5.41. The van der Waals surface area contributed by atoms with Crippen molar-refractivity contribution >= 4 is 11.6 Å². The van der Waals surface area contributed by atoms with E-state index in [1.165, 1.54) is 0 Å². The van der Waals surface area contributed by atoms with Crippen LogP contribution < -0.4 is 10.1 Å². The van der Waals surface area contributed by atoms with Crippen LogP contribution in [0.25, 0.3) is 5.65 Å². The van der Waals surface area contributed by atoms with Crippen molar-refractivity contribution in [2.24, 2.45) is 0 Å². The molecule has 1 amide bonds. The van der Waals surface area contributed by atoms with Gasteiger partial charge < -0.3 is 19.2 Å². The average molecular weight is 444 g/mol. The zero-order chi connectivity index (χ0) is 23.0. The van der Waals surface area contributed by atoms with Crippen molar-refractivity contribution in [1.82, 2.24) is 14.7 Å². The fourth-order valence-electron chi connectivity index (χ4n) is 4.01. The number of methoxy groups -OCH3 is 1. The molecule has 0 aliphatic rings. The predicted molar refractivity (Wildman–Crippen MR) is 128 cm³/mol. The minimum Gasteiger partial charge on any atom is -0.485 e. The first-order valence-electron chi connectivity index (χ1n) is 11.1. The molecule has 0 spiro atoms. The number of aromatic nitrogens is 2. The highest BCUT2D eigenvalue weighted by Gasteiger charge is 2.24. The summed E-state index contributed by atoms with van der Waals surface area (Å²) in [5.41, 5.74) is 5.03. The molecule has 6 heteroatoms. The summed E-state index contributed by atoms with van der Waals surface area (Å²) in [5, 5.41) is 2.94. The number of nitrogens with one attached hydrogen (secondary N) is 1. The molecule has 0 fully saturated rings. The maximum atomic E-state index is 12.7. The Morgan fingerprint density at radius 2 is 1.85 bits per heavy atom. The SMILES string of the molecule is COCCNC(=O)CC(c1ccccc1C)c1cnc2c(OCc3ccccc3)cccn12. The number of amides is 1. The van der Waals surface area contributed by atoms with Gasteiger partial charge >= 0.3 is 0 Å². The van der Waals surface area contributed by atoms with Crippen LogP contribution in [0.3, 0.4) is 0 Å². The van der Waals surface area contributed by atoms with Crippen LogP contribution in [0.5, 0.6) is 5.75 Å². The van der Waals surface area contributed by atoms with Crippen LogP contribution in [0.15, 0.2) is 79.1 Å². The lowest BCUT2D eigenvalue weighted by Gasteiger charge is -2.19. The average Bonchev–Trinajstić information content (AvgIpc) is 3.27. The Bertz CT molecular complexity index is 1200. The minimum absolute atomic E-state index is 0.0215. The molecule has 4 rings (SSSR count). The number of carbonyl (C=O) groups is 1. The van der Waals surface area contributed by atoms with Gasteiger partial charge in [-0.25, -0.2) is 4.98 Å². The van der Waals surface area contributed by atoms with Gasteiger partial charge in [0.15, 0.2) is 11.4 Å². The predicted octanol–water partition coefficient (Wildman–Crippen LogP) is 4.51. The Kier molecular flexibility index (Phi) is 7.37. The first kappa shape index (κ1) is 22.6. The number of aryl methyl sites for hydroxylation is 1. The van der Waals surface area contributed by atoms with Gasteiger partial charge in [-0.1, -0.05) is 54.6 Å². The lowest BCUT2D eigenvalue weighted by Crippen LogP contribution is -2.28. The molecule has 1 atom stereocenters. The molecule has 0 aliphatic heterocycles. The Labute approximate surface area is 194 Å². The summed E-state index contributed by atoms with van der Waals surface area (Å²) in [6.07, 6.45) is 4.14. The zero-order valence-electron chi connectivity index (χ0n) is 19.0. The van der Waals surface area contributed by atoms with Gasteiger partial charge in [-0.05, 0) is 35.7 Å². The maximum Gasteiger partial charge on any atom is 0.221 e. The number of imidazole rings is 1. The first-order chi connectivity index (χ1) is 16.2. The van der Waals surface area contributed by atoms with E-state index in [1.54, 1.807) is 7.11 Å². The van der Waals surface area contributed by atoms with Crippen molar-refractivity contribution < 1.29 is 14.3 Å². The summed E-state index contributed by atoms with van der Waals surface area (Å²) in [6.45, 7) is 3.51. The molecule has 170 valence electrons. The van der Waals surface area contributed by atoms with Gasteiger partial charge in [0, 0.05) is 38.4 Å². The van der Waals surface area contributed by atoms with Crippen LogP contribution in [0.2, 0.25) is 0 Å². The van der Waals surface area contributed by atoms with E-state index in [1.807, 2.05) is 71.4 Å². The van der Waals surface area contributed by atoms with Gasteiger partial charge in [0.05, 0.1) is 12.3 Å². The largest absolute Gasteiger partial charge is 0.485 e. The smallest absolute Gasteiger partial charge is 0.221 e. The molecule has 2 aromatic heterocycles. The number of hydrogen-bond acceptors (Lipinski definition) is 4. The Hall–Kier alpha value is -3.64. The number of benzene rings is 2. The first-order valence-corrected chi connectivity index (χ1v) is 11.1. The van der Waals surface area contributed by atoms with Crippen molar-refractivity contribution in [2.75, 3.05) is 20.3 Å². The fourth-order valence-corrected chi connectivity index (χ4v) is 4.01. The van der Waals surface area contributed by atoms with E-state index in [9.17, 15) is 4.79 Å². The summed E-state index contributed by atoms with van der Waals surface area (Å²) in [4.78, 5) is 17.4. The molecule has 6 nitrogen and oxygen atoms in total. The number of carbonyl (C=O) groups excluding carboxylic acids is 1. The van der Waals surface area contributed by atoms with Gasteiger partial charge in [-0.3, -0.25) is 4.79 Å². The van der Waals surface area contributed by atoms with Crippen molar-refractivity contribution in [2.45, 2.75) is 25.9 Å². The number of nitrogens with zero attached hydrogens (tertiary/aromatic N) is 2. The molecule has 4 aromatic rings. The molecular formula is C27H29N3O3. The fraction of sp³-hybridized carbons (Fsp3) is 0.259. The van der Waals surface area contributed by atoms with E-state index in [0.29, 0.717) is 31.9 Å². The summed E-state index contributed by atoms with van der Waals surface area (Å²) < 4.78 is 13.2. The van der Waals surface area contributed by atoms with Gasteiger partial charge in [0.25, 0.3) is 0 Å². The molecule has 2 aromatic carbocycles. The topological polar surface area (TPSA) is 64.9 Å². The van der Waals surface area contributed by atoms with E-state index in [4.69, 9.17) is 9.47 Å². The van der Waals surface area contributed by atoms with E-state index >= 15 is 0 Å². The molecular weight excluding hydrogens is 414 g/mol. The number of fused-ring (bicyclic) bond motifs is 1. The van der Waals surface area contributed by atoms with Crippen LogP contribution in [0.4, 0.5) is 0 Å². The van der Waals surface area contributed by atoms with Crippen LogP contribution in [-0.2, 0) is 16.1 Å². The van der Waals surface area contributed by atoms with Crippen LogP contribution in [-0.4, -0.2) is 35.6 Å². The molecule has 0 bridgehead atoms. The minimum atomic E-state index is -0.145. The molecule has 1 N–H and O–H groups in total. The highest BCUT2D eigenvalue weighted by molar-refractivity contribution is 5.77. The van der Waals surface area contributed by atoms with E-state index in [2.05, 4.69) is 29.4 Å². The summed E-state index contributed by atoms with van der Waals surface area (Å²) in [5.74, 6) is 0.542. The number of rotatable bonds is 10. The zero-order valence-corrected chi connectivity index (χ0v) is 19.0. The molecule has 1 unspecified atom stereocenters. The second-order valence-electron chi connectivity index (χ2n) is 7.98. The normalized spacial score (nSPS) is 11.9. The Morgan fingerprint density at radius 3 is 2.64 bits per heavy atom. The van der Waals surface area contributed by atoms with Crippen LogP contribution in [0.1, 0.15) is 34.7 Å². The second kappa shape index (κ2) is 10.8. The van der Waals surface area contributed by atoms with Crippen molar-refractivity contribution in [3.8, 4) is 5.75 Å². The van der Waals surface area contributed by atoms with Crippen LogP contribution in [0, 0.1) is 6.92 Å². The molecule has 33 heavy (non-hydrogen) atoms. The molecule has 0 aliphatic carbocycles. The standard InChI is InChI=1S/C27H29N3O3/c1-20-9-6-7-12-22(20)23(17-26(31)28-14-16-32-2)24-18-29-27-25(13-8-15-30(24)27)33-19-21-10-4-3-5-11-21/h3-13,15,18,23H,14,16-17,19H2,1-2H3,(H,28,31). The highest BCUT2D eigenvalue weighted by Crippen LogP contribution is 2.32. The van der Waals surface area contributed by atoms with E-state index < -0.39 is 0 Å². The van der Waals surface area contributed by atoms with E-state index in [0.717, 1.165) is 28.0 Å². The summed E-state index contributed by atoms with van der Waals surface area (Å²) in [6, 6.07) is 22.1. The van der Waals surface area contributed by atoms with Crippen molar-refractivity contribution in [1.29, 1.82) is 0 Å². The van der Waals surface area contributed by atoms with Gasteiger partial charge in [0.2, 0.25) is 5.91 Å². The third-order valence-electron chi connectivity index (χ3n) is 5.70. The highest BCUT2D eigenvalue weighted by atomic mass is 16.5. The lowest BCUT2D eigenvalue weighted by atomic mass is 9.89. The molecule has 0 saturated heterocycles. The second-order valence-corrected chi connectivity index (χ2v) is 7.98. The quantitative estimate of drug-likeness (QED) is 0.367. The summed E-state index contributed by atoms with van der Waals surface area (Å²) >= 11 is 0. The van der Waals surface area contributed by atoms with Gasteiger partial charge in [-0.15, -0.1) is 0 Å². The van der Waals surface area contributed by atoms with Crippen molar-refractivity contribution in [3.05, 3.63) is 102 Å². The lowest BCUT2D eigenvalue weighted by molar-refractivity contribution is -0.121. The Balaban J connectivity index is 1.65. The van der Waals surface area contributed by atoms with E-state index in [-0.39, 0.29) is 11.8 Å². The number of hydrogen-bond donors (Lipinski definition) is 1. The maximum absolute atomic E-state index is 12.7. The van der Waals surface area contributed by atoms with Crippen LogP contribution >= 0.6 is 0 Å². The van der Waals surface area contributed by atoms with Gasteiger partial charge in [0.1, 0.15) is 6.61 Å². The number of ether oxygens (including phenoxy) is 2. The molecule has 0 radical (unpaired) electrons. The molecule has 0 saturated carbocycles. The van der Waals surface area contributed by atoms with Crippen molar-refractivity contribution in [3.63, 3.8) is 0 Å².